The number of esters is 1. The van der Waals surface area contributed by atoms with E-state index < -0.39 is 29.3 Å². The fourth-order valence-electron chi connectivity index (χ4n) is 3.03. The first-order chi connectivity index (χ1) is 13.4. The molecular weight excluding hydrogens is 404 g/mol. The fourth-order valence-corrected chi connectivity index (χ4v) is 5.06. The van der Waals surface area contributed by atoms with E-state index in [9.17, 15) is 24.3 Å². The third-order valence-corrected chi connectivity index (χ3v) is 6.56. The molecule has 10 heteroatoms. The smallest absolute Gasteiger partial charge is 0.352 e. The van der Waals surface area contributed by atoms with Gasteiger partial charge in [-0.2, -0.15) is 0 Å². The zero-order valence-electron chi connectivity index (χ0n) is 15.2. The van der Waals surface area contributed by atoms with Gasteiger partial charge in [-0.1, -0.05) is 13.0 Å². The predicted octanol–water partition coefficient (Wildman–Crippen LogP) is 1.37. The standard InChI is InChI=1S/C18H20N2O6S2/c1-2-4-13(22)26-8-10-9-28-17-14(16(23)20(17)15(10)18(24)25)19-12(21)7-11-5-3-6-27-11/h3,5-6,14,17H,2,4,7-9H2,1H3,(H,19,21)(H,24,25)/t14?,17-/m0/s1. The summed E-state index contributed by atoms with van der Waals surface area (Å²) in [5, 5.41) is 13.7. The summed E-state index contributed by atoms with van der Waals surface area (Å²) in [5.41, 5.74) is 0.233. The largest absolute Gasteiger partial charge is 0.477 e. The molecule has 1 saturated heterocycles. The fraction of sp³-hybridized carbons (Fsp3) is 0.444. The molecule has 3 heterocycles. The predicted molar refractivity (Wildman–Crippen MR) is 104 cm³/mol. The Kier molecular flexibility index (Phi) is 6.40. The third kappa shape index (κ3) is 4.22. The van der Waals surface area contributed by atoms with E-state index in [1.54, 1.807) is 0 Å². The van der Waals surface area contributed by atoms with E-state index in [1.165, 1.54) is 28.0 Å². The molecule has 1 aromatic rings. The number of nitrogens with one attached hydrogen (secondary N) is 1. The average Bonchev–Trinajstić information content (AvgIpc) is 3.16. The number of carbonyl (C=O) groups is 4. The minimum absolute atomic E-state index is 0.151. The topological polar surface area (TPSA) is 113 Å². The normalized spacial score (nSPS) is 21.0. The minimum atomic E-state index is -1.25. The molecular formula is C18H20N2O6S2. The van der Waals surface area contributed by atoms with Crippen molar-refractivity contribution < 1.29 is 29.0 Å². The van der Waals surface area contributed by atoms with E-state index in [0.717, 1.165) is 4.88 Å². The minimum Gasteiger partial charge on any atom is -0.477 e. The van der Waals surface area contributed by atoms with Crippen molar-refractivity contribution in [2.24, 2.45) is 0 Å². The molecule has 8 nitrogen and oxygen atoms in total. The highest BCUT2D eigenvalue weighted by Crippen LogP contribution is 2.40. The van der Waals surface area contributed by atoms with Gasteiger partial charge in [0.05, 0.1) is 6.42 Å². The number of carboxylic acids is 1. The van der Waals surface area contributed by atoms with Crippen LogP contribution in [0.5, 0.6) is 0 Å². The highest BCUT2D eigenvalue weighted by atomic mass is 32.2. The molecule has 0 bridgehead atoms. The Morgan fingerprint density at radius 1 is 1.39 bits per heavy atom. The molecule has 28 heavy (non-hydrogen) atoms. The third-order valence-electron chi connectivity index (χ3n) is 4.34. The van der Waals surface area contributed by atoms with Crippen LogP contribution in [-0.4, -0.2) is 57.5 Å². The molecule has 0 aromatic carbocycles. The summed E-state index contributed by atoms with van der Waals surface area (Å²) in [6, 6.07) is 2.93. The molecule has 3 rings (SSSR count). The summed E-state index contributed by atoms with van der Waals surface area (Å²) in [6.07, 6.45) is 1.07. The summed E-state index contributed by atoms with van der Waals surface area (Å²) in [4.78, 5) is 50.1. The highest BCUT2D eigenvalue weighted by molar-refractivity contribution is 8.00. The Labute approximate surface area is 169 Å². The molecule has 0 saturated carbocycles. The van der Waals surface area contributed by atoms with Gasteiger partial charge in [-0.15, -0.1) is 23.1 Å². The van der Waals surface area contributed by atoms with Crippen molar-refractivity contribution in [2.75, 3.05) is 12.4 Å². The molecule has 2 atom stereocenters. The Hall–Kier alpha value is -2.33. The number of hydrogen-bond acceptors (Lipinski definition) is 7. The molecule has 2 N–H and O–H groups in total. The van der Waals surface area contributed by atoms with Gasteiger partial charge in [-0.25, -0.2) is 4.79 Å². The van der Waals surface area contributed by atoms with Crippen LogP contribution in [0, 0.1) is 0 Å². The van der Waals surface area contributed by atoms with Gasteiger partial charge in [0.25, 0.3) is 5.91 Å². The van der Waals surface area contributed by atoms with Gasteiger partial charge in [0.15, 0.2) is 0 Å². The maximum Gasteiger partial charge on any atom is 0.352 e. The number of carboxylic acid groups (broad SMARTS) is 1. The lowest BCUT2D eigenvalue weighted by atomic mass is 10.0. The van der Waals surface area contributed by atoms with Crippen molar-refractivity contribution >= 4 is 46.9 Å². The SMILES string of the molecule is CCCC(=O)OCC1=C(C(=O)O)N2C(=O)C(NC(=O)Cc3cccs3)[C@@H]2SC1. The Morgan fingerprint density at radius 2 is 2.18 bits per heavy atom. The van der Waals surface area contributed by atoms with Crippen LogP contribution in [0.15, 0.2) is 28.8 Å². The molecule has 2 aliphatic rings. The van der Waals surface area contributed by atoms with E-state index in [1.807, 2.05) is 24.4 Å². The molecule has 0 aliphatic carbocycles. The van der Waals surface area contributed by atoms with Crippen molar-refractivity contribution in [3.05, 3.63) is 33.7 Å². The number of fused-ring (bicyclic) bond motifs is 1. The zero-order valence-corrected chi connectivity index (χ0v) is 16.8. The molecule has 1 unspecified atom stereocenters. The Bertz CT molecular complexity index is 820. The second-order valence-electron chi connectivity index (χ2n) is 6.38. The second-order valence-corrected chi connectivity index (χ2v) is 8.52. The van der Waals surface area contributed by atoms with Crippen LogP contribution in [0.2, 0.25) is 0 Å². The van der Waals surface area contributed by atoms with Crippen molar-refractivity contribution in [3.63, 3.8) is 0 Å². The van der Waals surface area contributed by atoms with Crippen LogP contribution in [0.3, 0.4) is 0 Å². The molecule has 2 amide bonds. The van der Waals surface area contributed by atoms with Crippen LogP contribution in [0.1, 0.15) is 24.6 Å². The van der Waals surface area contributed by atoms with Crippen molar-refractivity contribution in [1.82, 2.24) is 10.2 Å². The summed E-state index contributed by atoms with van der Waals surface area (Å²) in [7, 11) is 0. The van der Waals surface area contributed by atoms with Gasteiger partial charge >= 0.3 is 11.9 Å². The summed E-state index contributed by atoms with van der Waals surface area (Å²) >= 11 is 2.80. The van der Waals surface area contributed by atoms with E-state index in [2.05, 4.69) is 5.32 Å². The lowest BCUT2D eigenvalue weighted by Gasteiger charge is -2.49. The number of β-lactam (4-membered cyclic amide) rings is 1. The number of amides is 2. The molecule has 2 aliphatic heterocycles. The van der Waals surface area contributed by atoms with E-state index in [0.29, 0.717) is 17.7 Å². The van der Waals surface area contributed by atoms with Gasteiger partial charge in [-0.05, 0) is 17.9 Å². The molecule has 1 aromatic heterocycles. The van der Waals surface area contributed by atoms with Crippen molar-refractivity contribution in [1.29, 1.82) is 0 Å². The quantitative estimate of drug-likeness (QED) is 0.479. The first-order valence-corrected chi connectivity index (χ1v) is 10.7. The zero-order chi connectivity index (χ0) is 20.3. The van der Waals surface area contributed by atoms with E-state index in [4.69, 9.17) is 4.74 Å². The van der Waals surface area contributed by atoms with Crippen LogP contribution in [0.4, 0.5) is 0 Å². The Balaban J connectivity index is 1.66. The Morgan fingerprint density at radius 3 is 2.82 bits per heavy atom. The maximum atomic E-state index is 12.5. The van der Waals surface area contributed by atoms with Crippen LogP contribution in [-0.2, 0) is 30.3 Å². The number of thioether (sulfide) groups is 1. The van der Waals surface area contributed by atoms with Gasteiger partial charge in [0.2, 0.25) is 5.91 Å². The van der Waals surface area contributed by atoms with Gasteiger partial charge in [0, 0.05) is 22.6 Å². The number of nitrogens with zero attached hydrogens (tertiary/aromatic N) is 1. The number of thiophene rings is 1. The summed E-state index contributed by atoms with van der Waals surface area (Å²) in [5.74, 6) is -2.08. The van der Waals surface area contributed by atoms with E-state index >= 15 is 0 Å². The summed E-state index contributed by atoms with van der Waals surface area (Å²) < 4.78 is 5.12. The highest BCUT2D eigenvalue weighted by Gasteiger charge is 2.54. The number of ether oxygens (including phenoxy) is 1. The van der Waals surface area contributed by atoms with Crippen LogP contribution >= 0.6 is 23.1 Å². The number of carbonyl (C=O) groups excluding carboxylic acids is 3. The van der Waals surface area contributed by atoms with Gasteiger partial charge < -0.3 is 15.2 Å². The number of rotatable bonds is 8. The van der Waals surface area contributed by atoms with Crippen molar-refractivity contribution in [2.45, 2.75) is 37.6 Å². The molecule has 0 spiro atoms. The summed E-state index contributed by atoms with van der Waals surface area (Å²) in [6.45, 7) is 1.69. The number of aliphatic carboxylic acids is 1. The van der Waals surface area contributed by atoms with Crippen LogP contribution in [0.25, 0.3) is 0 Å². The number of hydrogen-bond donors (Lipinski definition) is 2. The van der Waals surface area contributed by atoms with Gasteiger partial charge in [0.1, 0.15) is 23.7 Å². The first-order valence-electron chi connectivity index (χ1n) is 8.79. The van der Waals surface area contributed by atoms with Crippen molar-refractivity contribution in [3.8, 4) is 0 Å². The average molecular weight is 425 g/mol. The maximum absolute atomic E-state index is 12.5. The monoisotopic (exact) mass is 424 g/mol. The molecule has 1 fully saturated rings. The lowest BCUT2D eigenvalue weighted by molar-refractivity contribution is -0.151. The molecule has 150 valence electrons. The first kappa shape index (κ1) is 20.4. The van der Waals surface area contributed by atoms with Crippen LogP contribution < -0.4 is 5.32 Å². The molecule has 0 radical (unpaired) electrons. The van der Waals surface area contributed by atoms with Gasteiger partial charge in [-0.3, -0.25) is 19.3 Å². The second kappa shape index (κ2) is 8.78. The lowest BCUT2D eigenvalue weighted by Crippen LogP contribution is -2.70. The van der Waals surface area contributed by atoms with E-state index in [-0.39, 0.29) is 31.1 Å².